The van der Waals surface area contributed by atoms with E-state index in [4.69, 9.17) is 0 Å². The van der Waals surface area contributed by atoms with E-state index in [9.17, 15) is 4.79 Å². The molecular weight excluding hydrogens is 184 g/mol. The molecular formula is C14H22O. The van der Waals surface area contributed by atoms with Gasteiger partial charge in [-0.15, -0.1) is 0 Å². The van der Waals surface area contributed by atoms with Crippen LogP contribution >= 0.6 is 0 Å². The fraction of sp³-hybridized carbons (Fsp3) is 0.643. The second-order valence-electron chi connectivity index (χ2n) is 4.48. The van der Waals surface area contributed by atoms with Crippen LogP contribution < -0.4 is 0 Å². The Kier molecular flexibility index (Phi) is 4.80. The molecule has 0 saturated heterocycles. The lowest BCUT2D eigenvalue weighted by molar-refractivity contribution is -0.113. The molecule has 1 rings (SSSR count). The van der Waals surface area contributed by atoms with Gasteiger partial charge in [0.2, 0.25) is 0 Å². The second kappa shape index (κ2) is 5.89. The molecule has 0 spiro atoms. The Bertz CT molecular complexity index is 284. The van der Waals surface area contributed by atoms with Crippen LogP contribution in [0.5, 0.6) is 0 Å². The normalized spacial score (nSPS) is 18.1. The first-order valence-electron chi connectivity index (χ1n) is 6.07. The number of carbonyl (C=O) groups is 1. The molecule has 0 amide bonds. The smallest absolute Gasteiger partial charge is 0.159 e. The Morgan fingerprint density at radius 1 is 1.53 bits per heavy atom. The fourth-order valence-electron chi connectivity index (χ4n) is 2.22. The first kappa shape index (κ1) is 12.2. The Morgan fingerprint density at radius 3 is 2.87 bits per heavy atom. The van der Waals surface area contributed by atoms with Gasteiger partial charge in [0.25, 0.3) is 0 Å². The van der Waals surface area contributed by atoms with Gasteiger partial charge in [0.05, 0.1) is 0 Å². The van der Waals surface area contributed by atoms with Gasteiger partial charge in [0.15, 0.2) is 5.78 Å². The molecule has 15 heavy (non-hydrogen) atoms. The van der Waals surface area contributed by atoms with Crippen LogP contribution in [0.3, 0.4) is 0 Å². The summed E-state index contributed by atoms with van der Waals surface area (Å²) >= 11 is 0. The molecule has 0 N–H and O–H groups in total. The molecule has 0 aromatic heterocycles. The van der Waals surface area contributed by atoms with E-state index >= 15 is 0 Å². The first-order valence-corrected chi connectivity index (χ1v) is 6.07. The topological polar surface area (TPSA) is 17.1 Å². The lowest BCUT2D eigenvalue weighted by atomic mass is 9.84. The summed E-state index contributed by atoms with van der Waals surface area (Å²) in [7, 11) is 0. The molecule has 0 saturated carbocycles. The van der Waals surface area contributed by atoms with Crippen LogP contribution in [-0.4, -0.2) is 5.78 Å². The number of hydrogen-bond donors (Lipinski definition) is 0. The quantitative estimate of drug-likeness (QED) is 0.663. The molecule has 1 atom stereocenters. The summed E-state index contributed by atoms with van der Waals surface area (Å²) in [6, 6.07) is 0. The number of rotatable bonds is 5. The minimum Gasteiger partial charge on any atom is -0.295 e. The number of ketones is 1. The summed E-state index contributed by atoms with van der Waals surface area (Å²) < 4.78 is 0. The van der Waals surface area contributed by atoms with Crippen molar-refractivity contribution in [2.45, 2.75) is 52.9 Å². The lowest BCUT2D eigenvalue weighted by Gasteiger charge is -2.20. The van der Waals surface area contributed by atoms with Crippen molar-refractivity contribution in [2.75, 3.05) is 0 Å². The highest BCUT2D eigenvalue weighted by Gasteiger charge is 2.17. The van der Waals surface area contributed by atoms with E-state index in [1.54, 1.807) is 6.92 Å². The average molecular weight is 206 g/mol. The molecule has 1 unspecified atom stereocenters. The van der Waals surface area contributed by atoms with Gasteiger partial charge in [0.1, 0.15) is 0 Å². The number of carbonyl (C=O) groups excluding carboxylic acids is 1. The van der Waals surface area contributed by atoms with Crippen molar-refractivity contribution in [3.8, 4) is 0 Å². The molecule has 1 heteroatoms. The predicted octanol–water partition coefficient (Wildman–Crippen LogP) is 4.05. The van der Waals surface area contributed by atoms with Gasteiger partial charge >= 0.3 is 0 Å². The van der Waals surface area contributed by atoms with Gasteiger partial charge in [-0.2, -0.15) is 0 Å². The summed E-state index contributed by atoms with van der Waals surface area (Å²) in [6.07, 6.45) is 10.0. The van der Waals surface area contributed by atoms with Crippen molar-refractivity contribution in [2.24, 2.45) is 5.92 Å². The zero-order valence-corrected chi connectivity index (χ0v) is 10.2. The zero-order valence-electron chi connectivity index (χ0n) is 10.2. The van der Waals surface area contributed by atoms with E-state index in [0.29, 0.717) is 5.92 Å². The van der Waals surface area contributed by atoms with Crippen LogP contribution in [0.1, 0.15) is 52.9 Å². The van der Waals surface area contributed by atoms with Gasteiger partial charge in [-0.05, 0) is 32.1 Å². The Balaban J connectivity index is 2.78. The Hall–Kier alpha value is -0.850. The van der Waals surface area contributed by atoms with Crippen LogP contribution in [0.15, 0.2) is 23.3 Å². The molecule has 0 heterocycles. The van der Waals surface area contributed by atoms with E-state index in [2.05, 4.69) is 19.9 Å². The standard InChI is InChI=1S/C14H22O/c1-4-5-8-11(2)13-9-6-7-10-14(13)12(3)15/h7,10-11H,4-6,8-9H2,1-3H3. The summed E-state index contributed by atoms with van der Waals surface area (Å²) in [4.78, 5) is 11.5. The van der Waals surface area contributed by atoms with Gasteiger partial charge < -0.3 is 0 Å². The van der Waals surface area contributed by atoms with Crippen LogP contribution in [0.4, 0.5) is 0 Å². The molecule has 1 nitrogen and oxygen atoms in total. The van der Waals surface area contributed by atoms with Gasteiger partial charge in [0, 0.05) is 5.57 Å². The number of allylic oxidation sites excluding steroid dienone is 4. The highest BCUT2D eigenvalue weighted by molar-refractivity contribution is 5.97. The number of Topliss-reactive ketones (excluding diaryl/α,β-unsaturated/α-hetero) is 1. The van der Waals surface area contributed by atoms with Crippen LogP contribution in [0.25, 0.3) is 0 Å². The first-order chi connectivity index (χ1) is 7.16. The summed E-state index contributed by atoms with van der Waals surface area (Å²) in [6.45, 7) is 6.15. The molecule has 0 aromatic rings. The van der Waals surface area contributed by atoms with Crippen LogP contribution in [0, 0.1) is 5.92 Å². The maximum atomic E-state index is 11.5. The summed E-state index contributed by atoms with van der Waals surface area (Å²) in [5.41, 5.74) is 2.36. The predicted molar refractivity (Wildman–Crippen MR) is 64.8 cm³/mol. The molecule has 0 fully saturated rings. The number of unbranched alkanes of at least 4 members (excludes halogenated alkanes) is 1. The molecule has 0 aliphatic heterocycles. The van der Waals surface area contributed by atoms with Crippen molar-refractivity contribution < 1.29 is 4.79 Å². The summed E-state index contributed by atoms with van der Waals surface area (Å²) in [5.74, 6) is 0.804. The molecule has 0 radical (unpaired) electrons. The monoisotopic (exact) mass is 206 g/mol. The molecule has 0 bridgehead atoms. The van der Waals surface area contributed by atoms with Crippen molar-refractivity contribution >= 4 is 5.78 Å². The van der Waals surface area contributed by atoms with Gasteiger partial charge in [-0.3, -0.25) is 4.79 Å². The van der Waals surface area contributed by atoms with E-state index in [1.807, 2.05) is 6.08 Å². The fourth-order valence-corrected chi connectivity index (χ4v) is 2.22. The third-order valence-electron chi connectivity index (χ3n) is 3.18. The minimum atomic E-state index is 0.226. The van der Waals surface area contributed by atoms with Crippen molar-refractivity contribution in [3.63, 3.8) is 0 Å². The van der Waals surface area contributed by atoms with E-state index in [-0.39, 0.29) is 5.78 Å². The van der Waals surface area contributed by atoms with Crippen LogP contribution in [0.2, 0.25) is 0 Å². The third-order valence-corrected chi connectivity index (χ3v) is 3.18. The van der Waals surface area contributed by atoms with E-state index < -0.39 is 0 Å². The Morgan fingerprint density at radius 2 is 2.27 bits per heavy atom. The Labute approximate surface area is 93.3 Å². The average Bonchev–Trinajstić information content (AvgIpc) is 2.25. The lowest BCUT2D eigenvalue weighted by Crippen LogP contribution is -2.09. The van der Waals surface area contributed by atoms with Gasteiger partial charge in [-0.1, -0.05) is 44.4 Å². The maximum absolute atomic E-state index is 11.5. The third kappa shape index (κ3) is 3.33. The largest absolute Gasteiger partial charge is 0.295 e. The van der Waals surface area contributed by atoms with Crippen molar-refractivity contribution in [3.05, 3.63) is 23.3 Å². The van der Waals surface area contributed by atoms with Gasteiger partial charge in [-0.25, -0.2) is 0 Å². The zero-order chi connectivity index (χ0) is 11.3. The highest BCUT2D eigenvalue weighted by atomic mass is 16.1. The van der Waals surface area contributed by atoms with Crippen molar-refractivity contribution in [1.29, 1.82) is 0 Å². The second-order valence-corrected chi connectivity index (χ2v) is 4.48. The molecule has 0 aromatic carbocycles. The maximum Gasteiger partial charge on any atom is 0.159 e. The van der Waals surface area contributed by atoms with Crippen molar-refractivity contribution in [1.82, 2.24) is 0 Å². The minimum absolute atomic E-state index is 0.226. The summed E-state index contributed by atoms with van der Waals surface area (Å²) in [5, 5.41) is 0. The SMILES string of the molecule is CCCCC(C)C1=C(C(C)=O)C=CCC1. The van der Waals surface area contributed by atoms with E-state index in [1.165, 1.54) is 24.8 Å². The van der Waals surface area contributed by atoms with Crippen LogP contribution in [-0.2, 0) is 4.79 Å². The van der Waals surface area contributed by atoms with E-state index in [0.717, 1.165) is 18.4 Å². The molecule has 84 valence electrons. The molecule has 1 aliphatic rings. The molecule has 1 aliphatic carbocycles. The number of hydrogen-bond acceptors (Lipinski definition) is 1. The highest BCUT2D eigenvalue weighted by Crippen LogP contribution is 2.29.